The molecule has 0 fully saturated rings. The zero-order chi connectivity index (χ0) is 12.4. The summed E-state index contributed by atoms with van der Waals surface area (Å²) in [5.41, 5.74) is 6.44. The van der Waals surface area contributed by atoms with E-state index < -0.39 is 0 Å². The Bertz CT molecular complexity index is 650. The molecule has 0 saturated heterocycles. The van der Waals surface area contributed by atoms with E-state index in [9.17, 15) is 4.79 Å². The van der Waals surface area contributed by atoms with E-state index in [1.807, 2.05) is 6.07 Å². The SMILES string of the molecule is N#Cc1cc(Cn2[nH]c(N)cc2=O)ccc1Cl. The first-order valence-corrected chi connectivity index (χ1v) is 5.22. The molecule has 86 valence electrons. The Morgan fingerprint density at radius 2 is 2.24 bits per heavy atom. The molecular weight excluding hydrogens is 240 g/mol. The molecule has 0 radical (unpaired) electrons. The van der Waals surface area contributed by atoms with Crippen molar-refractivity contribution in [2.24, 2.45) is 0 Å². The summed E-state index contributed by atoms with van der Waals surface area (Å²) in [6.07, 6.45) is 0. The van der Waals surface area contributed by atoms with Crippen molar-refractivity contribution in [1.29, 1.82) is 5.26 Å². The number of nitrogens with zero attached hydrogens (tertiary/aromatic N) is 2. The molecule has 0 atom stereocenters. The van der Waals surface area contributed by atoms with Crippen LogP contribution < -0.4 is 11.3 Å². The average Bonchev–Trinajstić information content (AvgIpc) is 2.60. The minimum Gasteiger partial charge on any atom is -0.384 e. The molecule has 0 spiro atoms. The van der Waals surface area contributed by atoms with Gasteiger partial charge in [0.2, 0.25) is 0 Å². The lowest BCUT2D eigenvalue weighted by molar-refractivity contribution is 0.666. The molecule has 0 aliphatic carbocycles. The molecule has 0 unspecified atom stereocenters. The van der Waals surface area contributed by atoms with E-state index in [0.717, 1.165) is 5.56 Å². The summed E-state index contributed by atoms with van der Waals surface area (Å²) in [6.45, 7) is 0.321. The molecular formula is C11H9ClN4O. The third-order valence-electron chi connectivity index (χ3n) is 2.30. The minimum absolute atomic E-state index is 0.212. The quantitative estimate of drug-likeness (QED) is 0.840. The number of rotatable bonds is 2. The standard InChI is InChI=1S/C11H9ClN4O/c12-9-2-1-7(3-8(9)5-13)6-16-11(17)4-10(14)15-16/h1-4,15H,6,14H2. The molecule has 2 rings (SSSR count). The van der Waals surface area contributed by atoms with Gasteiger partial charge in [-0.25, -0.2) is 4.68 Å². The van der Waals surface area contributed by atoms with Crippen LogP contribution in [0.15, 0.2) is 29.1 Å². The summed E-state index contributed by atoms with van der Waals surface area (Å²) in [6, 6.07) is 8.33. The lowest BCUT2D eigenvalue weighted by Crippen LogP contribution is -2.16. The van der Waals surface area contributed by atoms with Gasteiger partial charge in [-0.1, -0.05) is 17.7 Å². The first-order valence-electron chi connectivity index (χ1n) is 4.84. The number of H-pyrrole nitrogens is 1. The minimum atomic E-state index is -0.212. The predicted molar refractivity (Wildman–Crippen MR) is 64.7 cm³/mol. The third-order valence-corrected chi connectivity index (χ3v) is 2.63. The van der Waals surface area contributed by atoms with Crippen LogP contribution in [0.3, 0.4) is 0 Å². The monoisotopic (exact) mass is 248 g/mol. The fourth-order valence-electron chi connectivity index (χ4n) is 1.51. The van der Waals surface area contributed by atoms with Crippen molar-refractivity contribution in [3.05, 3.63) is 50.8 Å². The average molecular weight is 249 g/mol. The predicted octanol–water partition coefficient (Wildman–Crippen LogP) is 1.33. The van der Waals surface area contributed by atoms with E-state index in [0.29, 0.717) is 22.9 Å². The summed E-state index contributed by atoms with van der Waals surface area (Å²) >= 11 is 5.82. The highest BCUT2D eigenvalue weighted by atomic mass is 35.5. The number of hydrogen-bond donors (Lipinski definition) is 2. The highest BCUT2D eigenvalue weighted by molar-refractivity contribution is 6.31. The van der Waals surface area contributed by atoms with Gasteiger partial charge in [0.25, 0.3) is 5.56 Å². The molecule has 0 saturated carbocycles. The van der Waals surface area contributed by atoms with Crippen molar-refractivity contribution in [2.45, 2.75) is 6.54 Å². The zero-order valence-electron chi connectivity index (χ0n) is 8.77. The molecule has 6 heteroatoms. The van der Waals surface area contributed by atoms with Gasteiger partial charge in [-0.2, -0.15) is 5.26 Å². The molecule has 1 aromatic heterocycles. The van der Waals surface area contributed by atoms with Gasteiger partial charge in [0.05, 0.1) is 17.1 Å². The van der Waals surface area contributed by atoms with Crippen molar-refractivity contribution in [1.82, 2.24) is 9.78 Å². The number of nitrogens with two attached hydrogens (primary N) is 1. The van der Waals surface area contributed by atoms with E-state index in [2.05, 4.69) is 5.10 Å². The summed E-state index contributed by atoms with van der Waals surface area (Å²) in [7, 11) is 0. The number of nitrogen functional groups attached to an aromatic ring is 1. The van der Waals surface area contributed by atoms with Gasteiger partial charge in [0.15, 0.2) is 0 Å². The van der Waals surface area contributed by atoms with E-state index in [1.54, 1.807) is 18.2 Å². The lowest BCUT2D eigenvalue weighted by Gasteiger charge is -2.03. The van der Waals surface area contributed by atoms with E-state index >= 15 is 0 Å². The number of halogens is 1. The topological polar surface area (TPSA) is 87.6 Å². The maximum absolute atomic E-state index is 11.4. The molecule has 5 nitrogen and oxygen atoms in total. The maximum Gasteiger partial charge on any atom is 0.268 e. The first kappa shape index (κ1) is 11.3. The van der Waals surface area contributed by atoms with Gasteiger partial charge in [0.1, 0.15) is 11.9 Å². The second-order valence-electron chi connectivity index (χ2n) is 3.56. The van der Waals surface area contributed by atoms with E-state index in [4.69, 9.17) is 22.6 Å². The van der Waals surface area contributed by atoms with Crippen molar-refractivity contribution in [2.75, 3.05) is 5.73 Å². The van der Waals surface area contributed by atoms with Gasteiger partial charge in [0, 0.05) is 6.07 Å². The van der Waals surface area contributed by atoms with Gasteiger partial charge in [-0.15, -0.1) is 0 Å². The van der Waals surface area contributed by atoms with Crippen LogP contribution in [-0.4, -0.2) is 9.78 Å². The Labute approximate surface area is 102 Å². The van der Waals surface area contributed by atoms with Crippen LogP contribution in [0, 0.1) is 11.3 Å². The Balaban J connectivity index is 2.34. The van der Waals surface area contributed by atoms with Crippen molar-refractivity contribution >= 4 is 17.4 Å². The molecule has 0 aliphatic heterocycles. The molecule has 17 heavy (non-hydrogen) atoms. The van der Waals surface area contributed by atoms with Crippen LogP contribution in [0.25, 0.3) is 0 Å². The number of aromatic nitrogens is 2. The van der Waals surface area contributed by atoms with Crippen molar-refractivity contribution in [3.8, 4) is 6.07 Å². The van der Waals surface area contributed by atoms with Gasteiger partial charge < -0.3 is 5.73 Å². The van der Waals surface area contributed by atoms with Gasteiger partial charge in [-0.05, 0) is 17.7 Å². The van der Waals surface area contributed by atoms with E-state index in [1.165, 1.54) is 10.7 Å². The Kier molecular flexibility index (Phi) is 2.90. The molecule has 0 amide bonds. The molecule has 1 heterocycles. The summed E-state index contributed by atoms with van der Waals surface area (Å²) < 4.78 is 1.36. The van der Waals surface area contributed by atoms with Crippen LogP contribution in [0.2, 0.25) is 5.02 Å². The molecule has 0 bridgehead atoms. The Hall–Kier alpha value is -2.19. The summed E-state index contributed by atoms with van der Waals surface area (Å²) in [5, 5.41) is 11.9. The molecule has 3 N–H and O–H groups in total. The van der Waals surface area contributed by atoms with Crippen LogP contribution in [0.4, 0.5) is 5.82 Å². The lowest BCUT2D eigenvalue weighted by atomic mass is 10.1. The summed E-state index contributed by atoms with van der Waals surface area (Å²) in [5.74, 6) is 0.310. The fraction of sp³-hybridized carbons (Fsp3) is 0.0909. The second kappa shape index (κ2) is 4.36. The number of hydrogen-bond acceptors (Lipinski definition) is 3. The number of anilines is 1. The van der Waals surface area contributed by atoms with Crippen LogP contribution >= 0.6 is 11.6 Å². The van der Waals surface area contributed by atoms with E-state index in [-0.39, 0.29) is 5.56 Å². The normalized spacial score (nSPS) is 10.1. The Morgan fingerprint density at radius 1 is 1.47 bits per heavy atom. The first-order chi connectivity index (χ1) is 8.10. The largest absolute Gasteiger partial charge is 0.384 e. The smallest absolute Gasteiger partial charge is 0.268 e. The highest BCUT2D eigenvalue weighted by Crippen LogP contribution is 2.16. The van der Waals surface area contributed by atoms with Gasteiger partial charge in [-0.3, -0.25) is 9.89 Å². The second-order valence-corrected chi connectivity index (χ2v) is 3.97. The number of aromatic amines is 1. The Morgan fingerprint density at radius 3 is 2.82 bits per heavy atom. The van der Waals surface area contributed by atoms with Crippen LogP contribution in [-0.2, 0) is 6.54 Å². The van der Waals surface area contributed by atoms with Crippen LogP contribution in [0.5, 0.6) is 0 Å². The van der Waals surface area contributed by atoms with Gasteiger partial charge >= 0.3 is 0 Å². The third kappa shape index (κ3) is 2.32. The molecule has 0 aliphatic rings. The van der Waals surface area contributed by atoms with Crippen molar-refractivity contribution < 1.29 is 0 Å². The van der Waals surface area contributed by atoms with Crippen LogP contribution in [0.1, 0.15) is 11.1 Å². The number of nitrogens with one attached hydrogen (secondary N) is 1. The molecule has 1 aromatic carbocycles. The number of nitriles is 1. The molecule has 2 aromatic rings. The summed E-state index contributed by atoms with van der Waals surface area (Å²) in [4.78, 5) is 11.4. The maximum atomic E-state index is 11.4. The number of benzene rings is 1. The van der Waals surface area contributed by atoms with Crippen molar-refractivity contribution in [3.63, 3.8) is 0 Å². The zero-order valence-corrected chi connectivity index (χ0v) is 9.53. The highest BCUT2D eigenvalue weighted by Gasteiger charge is 2.04. The fourth-order valence-corrected chi connectivity index (χ4v) is 1.67.